The highest BCUT2D eigenvalue weighted by Crippen LogP contribution is 2.06. The third kappa shape index (κ3) is 2.08. The zero-order valence-corrected chi connectivity index (χ0v) is 6.70. The Morgan fingerprint density at radius 2 is 2.45 bits per heavy atom. The van der Waals surface area contributed by atoms with Crippen LogP contribution in [-0.2, 0) is 0 Å². The molecular formula is C9H12N2. The van der Waals surface area contributed by atoms with Gasteiger partial charge in [-0.25, -0.2) is 0 Å². The van der Waals surface area contributed by atoms with E-state index in [9.17, 15) is 0 Å². The zero-order valence-electron chi connectivity index (χ0n) is 6.70. The first-order valence-electron chi connectivity index (χ1n) is 3.66. The van der Waals surface area contributed by atoms with Crippen molar-refractivity contribution < 1.29 is 0 Å². The SMILES string of the molecule is C=C1C=CC=CN1/C=N\CC. The number of hydrogen-bond acceptors (Lipinski definition) is 1. The third-order valence-electron chi connectivity index (χ3n) is 1.37. The predicted octanol–water partition coefficient (Wildman–Crippen LogP) is 1.93. The Morgan fingerprint density at radius 1 is 1.64 bits per heavy atom. The van der Waals surface area contributed by atoms with E-state index in [1.165, 1.54) is 0 Å². The van der Waals surface area contributed by atoms with Crippen molar-refractivity contribution in [2.45, 2.75) is 6.92 Å². The van der Waals surface area contributed by atoms with Gasteiger partial charge >= 0.3 is 0 Å². The second-order valence-electron chi connectivity index (χ2n) is 2.21. The van der Waals surface area contributed by atoms with Gasteiger partial charge in [-0.1, -0.05) is 12.7 Å². The molecule has 2 heteroatoms. The zero-order chi connectivity index (χ0) is 8.10. The summed E-state index contributed by atoms with van der Waals surface area (Å²) in [5.41, 5.74) is 0.949. The Hall–Kier alpha value is -1.31. The van der Waals surface area contributed by atoms with Gasteiger partial charge in [0.1, 0.15) is 0 Å². The molecule has 1 rings (SSSR count). The van der Waals surface area contributed by atoms with Crippen LogP contribution in [0.2, 0.25) is 0 Å². The van der Waals surface area contributed by atoms with E-state index in [1.54, 1.807) is 6.34 Å². The van der Waals surface area contributed by atoms with E-state index >= 15 is 0 Å². The van der Waals surface area contributed by atoms with E-state index in [-0.39, 0.29) is 0 Å². The van der Waals surface area contributed by atoms with E-state index in [0.29, 0.717) is 0 Å². The first-order valence-corrected chi connectivity index (χ1v) is 3.66. The molecule has 0 aromatic carbocycles. The highest BCUT2D eigenvalue weighted by molar-refractivity contribution is 5.61. The van der Waals surface area contributed by atoms with Crippen LogP contribution in [0.4, 0.5) is 0 Å². The van der Waals surface area contributed by atoms with Crippen molar-refractivity contribution in [3.8, 4) is 0 Å². The van der Waals surface area contributed by atoms with Gasteiger partial charge in [0.15, 0.2) is 0 Å². The first kappa shape index (κ1) is 7.79. The number of allylic oxidation sites excluding steroid dienone is 3. The molecule has 0 bridgehead atoms. The van der Waals surface area contributed by atoms with Gasteiger partial charge < -0.3 is 4.90 Å². The second-order valence-corrected chi connectivity index (χ2v) is 2.21. The maximum absolute atomic E-state index is 4.10. The highest BCUT2D eigenvalue weighted by Gasteiger charge is 1.98. The molecule has 0 saturated heterocycles. The first-order chi connectivity index (χ1) is 5.34. The fourth-order valence-corrected chi connectivity index (χ4v) is 0.773. The van der Waals surface area contributed by atoms with Crippen molar-refractivity contribution in [3.63, 3.8) is 0 Å². The maximum Gasteiger partial charge on any atom is 0.0935 e. The second kappa shape index (κ2) is 3.76. The van der Waals surface area contributed by atoms with E-state index < -0.39 is 0 Å². The predicted molar refractivity (Wildman–Crippen MR) is 48.3 cm³/mol. The maximum atomic E-state index is 4.10. The number of aliphatic imine (C=N–C) groups is 1. The molecule has 1 aliphatic heterocycles. The molecule has 2 nitrogen and oxygen atoms in total. The van der Waals surface area contributed by atoms with Gasteiger partial charge in [-0.05, 0) is 19.1 Å². The van der Waals surface area contributed by atoms with Gasteiger partial charge in [0.05, 0.1) is 6.34 Å². The molecule has 1 heterocycles. The molecule has 0 saturated carbocycles. The summed E-state index contributed by atoms with van der Waals surface area (Å²) in [6, 6.07) is 0. The van der Waals surface area contributed by atoms with Crippen LogP contribution in [-0.4, -0.2) is 17.8 Å². The largest absolute Gasteiger partial charge is 0.309 e. The molecule has 0 spiro atoms. The van der Waals surface area contributed by atoms with Crippen LogP contribution in [0, 0.1) is 0 Å². The molecule has 0 aliphatic carbocycles. The minimum absolute atomic E-state index is 0.807. The summed E-state index contributed by atoms with van der Waals surface area (Å²) in [5, 5.41) is 0. The van der Waals surface area contributed by atoms with E-state index in [2.05, 4.69) is 11.6 Å². The Labute approximate surface area is 67.2 Å². The smallest absolute Gasteiger partial charge is 0.0935 e. The van der Waals surface area contributed by atoms with Crippen molar-refractivity contribution in [2.75, 3.05) is 6.54 Å². The summed E-state index contributed by atoms with van der Waals surface area (Å²) in [4.78, 5) is 5.99. The van der Waals surface area contributed by atoms with Crippen molar-refractivity contribution in [1.29, 1.82) is 0 Å². The van der Waals surface area contributed by atoms with Crippen LogP contribution in [0.25, 0.3) is 0 Å². The molecule has 0 fully saturated rings. The molecule has 0 N–H and O–H groups in total. The summed E-state index contributed by atoms with van der Waals surface area (Å²) in [5.74, 6) is 0. The molecule has 11 heavy (non-hydrogen) atoms. The third-order valence-corrected chi connectivity index (χ3v) is 1.37. The standard InChI is InChI=1S/C9H12N2/c1-3-10-8-11-7-5-4-6-9(11)2/h4-8H,2-3H2,1H3/b10-8-. The summed E-state index contributed by atoms with van der Waals surface area (Å²) < 4.78 is 0. The van der Waals surface area contributed by atoms with Crippen molar-refractivity contribution in [2.24, 2.45) is 4.99 Å². The molecule has 58 valence electrons. The fraction of sp³-hybridized carbons (Fsp3) is 0.222. The van der Waals surface area contributed by atoms with Gasteiger partial charge in [0, 0.05) is 18.4 Å². The van der Waals surface area contributed by atoms with E-state index in [0.717, 1.165) is 12.2 Å². The lowest BCUT2D eigenvalue weighted by molar-refractivity contribution is 0.727. The molecular weight excluding hydrogens is 136 g/mol. The topological polar surface area (TPSA) is 15.6 Å². The van der Waals surface area contributed by atoms with Gasteiger partial charge in [0.25, 0.3) is 0 Å². The van der Waals surface area contributed by atoms with Gasteiger partial charge in [-0.2, -0.15) is 0 Å². The Bertz CT molecular complexity index is 224. The molecule has 0 aromatic heterocycles. The van der Waals surface area contributed by atoms with E-state index in [1.807, 2.05) is 36.3 Å². The molecule has 0 unspecified atom stereocenters. The average molecular weight is 148 g/mol. The Balaban J connectivity index is 2.59. The number of rotatable bonds is 2. The monoisotopic (exact) mass is 148 g/mol. The van der Waals surface area contributed by atoms with Crippen LogP contribution < -0.4 is 0 Å². The normalized spacial score (nSPS) is 16.8. The van der Waals surface area contributed by atoms with Gasteiger partial charge in [-0.3, -0.25) is 4.99 Å². The number of nitrogens with zero attached hydrogens (tertiary/aromatic N) is 2. The average Bonchev–Trinajstić information content (AvgIpc) is 2.03. The molecule has 0 atom stereocenters. The van der Waals surface area contributed by atoms with Crippen molar-refractivity contribution in [3.05, 3.63) is 36.7 Å². The van der Waals surface area contributed by atoms with Crippen LogP contribution in [0.5, 0.6) is 0 Å². The van der Waals surface area contributed by atoms with Crippen LogP contribution in [0.15, 0.2) is 41.7 Å². The molecule has 0 aromatic rings. The summed E-state index contributed by atoms with van der Waals surface area (Å²) in [6.07, 6.45) is 9.57. The van der Waals surface area contributed by atoms with Crippen LogP contribution in [0.3, 0.4) is 0 Å². The molecule has 0 radical (unpaired) electrons. The lowest BCUT2D eigenvalue weighted by atomic mass is 10.3. The van der Waals surface area contributed by atoms with Crippen molar-refractivity contribution >= 4 is 6.34 Å². The molecule has 0 amide bonds. The summed E-state index contributed by atoms with van der Waals surface area (Å²) in [6.45, 7) is 6.65. The van der Waals surface area contributed by atoms with Crippen LogP contribution >= 0.6 is 0 Å². The van der Waals surface area contributed by atoms with Gasteiger partial charge in [0.2, 0.25) is 0 Å². The van der Waals surface area contributed by atoms with E-state index in [4.69, 9.17) is 0 Å². The molecule has 1 aliphatic rings. The van der Waals surface area contributed by atoms with Crippen molar-refractivity contribution in [1.82, 2.24) is 4.90 Å². The summed E-state index contributed by atoms with van der Waals surface area (Å²) in [7, 11) is 0. The highest BCUT2D eigenvalue weighted by atomic mass is 15.1. The van der Waals surface area contributed by atoms with Crippen LogP contribution in [0.1, 0.15) is 6.92 Å². The summed E-state index contributed by atoms with van der Waals surface area (Å²) >= 11 is 0. The quantitative estimate of drug-likeness (QED) is 0.431. The number of hydrogen-bond donors (Lipinski definition) is 0. The lowest BCUT2D eigenvalue weighted by Crippen LogP contribution is -2.13. The van der Waals surface area contributed by atoms with Gasteiger partial charge in [-0.15, -0.1) is 0 Å². The fourth-order valence-electron chi connectivity index (χ4n) is 0.773. The lowest BCUT2D eigenvalue weighted by Gasteiger charge is -2.16. The minimum atomic E-state index is 0.807. The Kier molecular flexibility index (Phi) is 2.66. The minimum Gasteiger partial charge on any atom is -0.309 e. The Morgan fingerprint density at radius 3 is 3.09 bits per heavy atom.